The number of allylic oxidation sites excluding steroid dienone is 1. The number of carbonyl (C=O) groups is 1. The molecular weight excluding hydrogens is 611 g/mol. The molecule has 0 spiro atoms. The van der Waals surface area contributed by atoms with Crippen LogP contribution in [0.15, 0.2) is 106 Å². The van der Waals surface area contributed by atoms with Crippen LogP contribution in [0.25, 0.3) is 16.8 Å². The average molecular weight is 644 g/mol. The van der Waals surface area contributed by atoms with Gasteiger partial charge in [0, 0.05) is 11.1 Å². The van der Waals surface area contributed by atoms with Crippen LogP contribution in [0.2, 0.25) is 0 Å². The van der Waals surface area contributed by atoms with Gasteiger partial charge in [-0.25, -0.2) is 9.79 Å². The van der Waals surface area contributed by atoms with E-state index in [0.29, 0.717) is 56.3 Å². The van der Waals surface area contributed by atoms with Crippen molar-refractivity contribution in [3.05, 3.63) is 138 Å². The molecule has 6 rings (SSSR count). The summed E-state index contributed by atoms with van der Waals surface area (Å²) in [6.07, 6.45) is 3.09. The molecule has 0 saturated heterocycles. The summed E-state index contributed by atoms with van der Waals surface area (Å²) < 4.78 is 19.7. The lowest BCUT2D eigenvalue weighted by atomic mass is 9.90. The number of nitrogens with zero attached hydrogens (tertiary/aromatic N) is 3. The van der Waals surface area contributed by atoms with E-state index >= 15 is 0 Å². The molecule has 9 heteroatoms. The summed E-state index contributed by atoms with van der Waals surface area (Å²) >= 11 is 1.27. The Hall–Kier alpha value is -5.46. The summed E-state index contributed by atoms with van der Waals surface area (Å²) in [6, 6.07) is 27.7. The lowest BCUT2D eigenvalue weighted by molar-refractivity contribution is -0.139. The van der Waals surface area contributed by atoms with E-state index in [0.717, 1.165) is 28.3 Å². The number of rotatable bonds is 10. The third-order valence-electron chi connectivity index (χ3n) is 8.00. The van der Waals surface area contributed by atoms with Gasteiger partial charge in [-0.3, -0.25) is 9.36 Å². The maximum atomic E-state index is 14.5. The molecule has 1 aliphatic heterocycles. The average Bonchev–Trinajstić information content (AvgIpc) is 3.41. The van der Waals surface area contributed by atoms with Crippen molar-refractivity contribution in [2.45, 2.75) is 39.3 Å². The number of ether oxygens (including phenoxy) is 3. The van der Waals surface area contributed by atoms with Gasteiger partial charge in [0.05, 0.1) is 41.2 Å². The fourth-order valence-electron chi connectivity index (χ4n) is 5.84. The Morgan fingerprint density at radius 2 is 1.77 bits per heavy atom. The van der Waals surface area contributed by atoms with E-state index in [4.69, 9.17) is 24.5 Å². The zero-order valence-corrected chi connectivity index (χ0v) is 27.2. The summed E-state index contributed by atoms with van der Waals surface area (Å²) in [5, 5.41) is 10.9. The topological polar surface area (TPSA) is 103 Å². The molecule has 4 aromatic carbocycles. The Bertz CT molecular complexity index is 2220. The SMILES string of the molecule is CCCC1=C(C(=O)OCC)[C@@H](c2c(OC)ccc3ccccc23)n2c(s/c(=C\c3ccccc3OCc3ccc(C#N)cc3)c2=O)=N1. The first-order valence-corrected chi connectivity index (χ1v) is 16.3. The van der Waals surface area contributed by atoms with Crippen molar-refractivity contribution >= 4 is 34.2 Å². The van der Waals surface area contributed by atoms with Crippen molar-refractivity contribution in [3.63, 3.8) is 0 Å². The Balaban J connectivity index is 1.53. The number of methoxy groups -OCH3 is 1. The number of nitriles is 1. The molecule has 1 atom stereocenters. The molecular formula is C38H33N3O5S. The maximum Gasteiger partial charge on any atom is 0.338 e. The molecule has 5 aromatic rings. The predicted octanol–water partition coefficient (Wildman–Crippen LogP) is 6.19. The second kappa shape index (κ2) is 13.9. The van der Waals surface area contributed by atoms with E-state index in [1.807, 2.05) is 85.8 Å². The van der Waals surface area contributed by atoms with E-state index in [1.165, 1.54) is 11.3 Å². The van der Waals surface area contributed by atoms with Crippen LogP contribution < -0.4 is 24.4 Å². The van der Waals surface area contributed by atoms with Gasteiger partial charge in [-0.15, -0.1) is 0 Å². The molecule has 0 amide bonds. The lowest BCUT2D eigenvalue weighted by Gasteiger charge is -2.28. The van der Waals surface area contributed by atoms with E-state index < -0.39 is 12.0 Å². The van der Waals surface area contributed by atoms with Crippen LogP contribution in [0.1, 0.15) is 55.0 Å². The zero-order chi connectivity index (χ0) is 32.9. The molecule has 0 radical (unpaired) electrons. The minimum atomic E-state index is -0.821. The Kier molecular flexibility index (Phi) is 9.32. The summed E-state index contributed by atoms with van der Waals surface area (Å²) in [5.41, 5.74) is 3.58. The number of hydrogen-bond donors (Lipinski definition) is 0. The van der Waals surface area contributed by atoms with E-state index in [9.17, 15) is 9.59 Å². The smallest absolute Gasteiger partial charge is 0.338 e. The van der Waals surface area contributed by atoms with Gasteiger partial charge in [-0.2, -0.15) is 5.26 Å². The second-order valence-corrected chi connectivity index (χ2v) is 12.0. The number of esters is 1. The highest BCUT2D eigenvalue weighted by molar-refractivity contribution is 7.07. The summed E-state index contributed by atoms with van der Waals surface area (Å²) in [6.45, 7) is 4.28. The third kappa shape index (κ3) is 6.20. The molecule has 8 nitrogen and oxygen atoms in total. The van der Waals surface area contributed by atoms with Gasteiger partial charge >= 0.3 is 5.97 Å². The second-order valence-electron chi connectivity index (χ2n) is 11.0. The molecule has 236 valence electrons. The molecule has 47 heavy (non-hydrogen) atoms. The molecule has 1 aliphatic rings. The van der Waals surface area contributed by atoms with Crippen molar-refractivity contribution in [2.75, 3.05) is 13.7 Å². The van der Waals surface area contributed by atoms with Gasteiger partial charge in [-0.1, -0.05) is 85.3 Å². The highest BCUT2D eigenvalue weighted by atomic mass is 32.1. The van der Waals surface area contributed by atoms with Crippen LogP contribution in [-0.4, -0.2) is 24.3 Å². The third-order valence-corrected chi connectivity index (χ3v) is 8.98. The molecule has 0 bridgehead atoms. The Morgan fingerprint density at radius 3 is 2.51 bits per heavy atom. The van der Waals surface area contributed by atoms with E-state index in [1.54, 1.807) is 30.7 Å². The Labute approximate surface area is 276 Å². The minimum absolute atomic E-state index is 0.185. The van der Waals surface area contributed by atoms with Crippen molar-refractivity contribution in [1.29, 1.82) is 5.26 Å². The van der Waals surface area contributed by atoms with Crippen LogP contribution in [0.5, 0.6) is 11.5 Å². The first-order chi connectivity index (χ1) is 23.0. The number of para-hydroxylation sites is 1. The van der Waals surface area contributed by atoms with Crippen molar-refractivity contribution in [2.24, 2.45) is 4.99 Å². The highest BCUT2D eigenvalue weighted by Gasteiger charge is 2.37. The van der Waals surface area contributed by atoms with Crippen molar-refractivity contribution < 1.29 is 19.0 Å². The normalized spacial score (nSPS) is 14.3. The summed E-state index contributed by atoms with van der Waals surface area (Å²) in [4.78, 5) is 33.6. The molecule has 0 saturated carbocycles. The Morgan fingerprint density at radius 1 is 1.00 bits per heavy atom. The fourth-order valence-corrected chi connectivity index (χ4v) is 6.85. The molecule has 0 unspecified atom stereocenters. The largest absolute Gasteiger partial charge is 0.496 e. The molecule has 2 heterocycles. The molecule has 1 aromatic heterocycles. The van der Waals surface area contributed by atoms with Gasteiger partial charge in [0.1, 0.15) is 24.1 Å². The van der Waals surface area contributed by atoms with Crippen LogP contribution in [0.4, 0.5) is 0 Å². The molecule has 0 N–H and O–H groups in total. The number of carbonyl (C=O) groups excluding carboxylic acids is 1. The number of benzene rings is 4. The van der Waals surface area contributed by atoms with Crippen LogP contribution in [0.3, 0.4) is 0 Å². The molecule has 0 aliphatic carbocycles. The predicted molar refractivity (Wildman–Crippen MR) is 182 cm³/mol. The maximum absolute atomic E-state index is 14.5. The first kappa shape index (κ1) is 31.5. The van der Waals surface area contributed by atoms with Gasteiger partial charge < -0.3 is 14.2 Å². The van der Waals surface area contributed by atoms with Crippen LogP contribution >= 0.6 is 11.3 Å². The minimum Gasteiger partial charge on any atom is -0.496 e. The number of hydrogen-bond acceptors (Lipinski definition) is 8. The zero-order valence-electron chi connectivity index (χ0n) is 26.4. The monoisotopic (exact) mass is 643 g/mol. The standard InChI is InChI=1S/C38H33N3O5S/c1-4-10-29-34(37(43)45-5-2)35(33-28-13-8-6-11-26(28)19-20-31(33)44-3)41-36(42)32(47-38(41)40-29)21-27-12-7-9-14-30(27)46-23-25-17-15-24(22-39)16-18-25/h6-9,11-21,35H,4-5,10,23H2,1-3H3/b32-21-/t35-/m1/s1. The summed E-state index contributed by atoms with van der Waals surface area (Å²) in [5.74, 6) is 0.661. The fraction of sp³-hybridized carbons (Fsp3) is 0.211. The van der Waals surface area contributed by atoms with Crippen molar-refractivity contribution in [1.82, 2.24) is 4.57 Å². The van der Waals surface area contributed by atoms with Crippen LogP contribution in [-0.2, 0) is 16.1 Å². The highest BCUT2D eigenvalue weighted by Crippen LogP contribution is 2.41. The van der Waals surface area contributed by atoms with E-state index in [-0.39, 0.29) is 12.2 Å². The number of thiazole rings is 1. The summed E-state index contributed by atoms with van der Waals surface area (Å²) in [7, 11) is 1.59. The first-order valence-electron chi connectivity index (χ1n) is 15.5. The quantitative estimate of drug-likeness (QED) is 0.168. The molecule has 0 fully saturated rings. The van der Waals surface area contributed by atoms with E-state index in [2.05, 4.69) is 6.07 Å². The number of fused-ring (bicyclic) bond motifs is 2. The van der Waals surface area contributed by atoms with Gasteiger partial charge in [0.15, 0.2) is 4.80 Å². The van der Waals surface area contributed by atoms with Gasteiger partial charge in [0.25, 0.3) is 5.56 Å². The van der Waals surface area contributed by atoms with Crippen molar-refractivity contribution in [3.8, 4) is 17.6 Å². The van der Waals surface area contributed by atoms with Crippen LogP contribution in [0, 0.1) is 11.3 Å². The van der Waals surface area contributed by atoms with Gasteiger partial charge in [-0.05, 0) is 60.0 Å². The number of aromatic nitrogens is 1. The lowest BCUT2D eigenvalue weighted by Crippen LogP contribution is -2.40. The van der Waals surface area contributed by atoms with Gasteiger partial charge in [0.2, 0.25) is 0 Å².